The van der Waals surface area contributed by atoms with Crippen LogP contribution in [0, 0.1) is 6.92 Å². The molecule has 1 aromatic heterocycles. The summed E-state index contributed by atoms with van der Waals surface area (Å²) in [6.07, 6.45) is 3.02. The maximum Gasteiger partial charge on any atom is 0.359 e. The van der Waals surface area contributed by atoms with Crippen LogP contribution in [0.2, 0.25) is 0 Å². The molecule has 17 heavy (non-hydrogen) atoms. The van der Waals surface area contributed by atoms with Crippen LogP contribution in [-0.2, 0) is 11.3 Å². The van der Waals surface area contributed by atoms with Crippen molar-refractivity contribution in [3.05, 3.63) is 59.7 Å². The second kappa shape index (κ2) is 5.21. The van der Waals surface area contributed by atoms with E-state index in [1.807, 2.05) is 30.3 Å². The summed E-state index contributed by atoms with van der Waals surface area (Å²) in [4.78, 5) is 19.7. The minimum atomic E-state index is -0.445. The average molecular weight is 228 g/mol. The molecule has 0 unspecified atom stereocenters. The molecule has 0 atom stereocenters. The molecule has 86 valence electrons. The van der Waals surface area contributed by atoms with Gasteiger partial charge in [0.1, 0.15) is 6.61 Å². The molecule has 4 nitrogen and oxygen atoms in total. The van der Waals surface area contributed by atoms with Crippen molar-refractivity contribution in [3.63, 3.8) is 0 Å². The van der Waals surface area contributed by atoms with Crippen LogP contribution in [-0.4, -0.2) is 15.9 Å². The number of carbonyl (C=O) groups excluding carboxylic acids is 1. The van der Waals surface area contributed by atoms with Crippen molar-refractivity contribution in [2.75, 3.05) is 0 Å². The Bertz CT molecular complexity index is 512. The van der Waals surface area contributed by atoms with Crippen molar-refractivity contribution in [2.45, 2.75) is 13.5 Å². The molecule has 0 fully saturated rings. The van der Waals surface area contributed by atoms with E-state index in [1.54, 1.807) is 13.1 Å². The molecule has 0 amide bonds. The molecule has 0 saturated heterocycles. The summed E-state index contributed by atoms with van der Waals surface area (Å²) in [6, 6.07) is 9.51. The van der Waals surface area contributed by atoms with Gasteiger partial charge in [-0.2, -0.15) is 0 Å². The Hall–Kier alpha value is -2.23. The van der Waals surface area contributed by atoms with Gasteiger partial charge in [0.05, 0.1) is 5.69 Å². The minimum Gasteiger partial charge on any atom is -0.456 e. The number of rotatable bonds is 3. The minimum absolute atomic E-state index is 0.246. The Morgan fingerprint density at radius 1 is 1.18 bits per heavy atom. The van der Waals surface area contributed by atoms with E-state index in [0.29, 0.717) is 5.69 Å². The molecule has 0 aliphatic heterocycles. The van der Waals surface area contributed by atoms with E-state index in [9.17, 15) is 4.79 Å². The summed E-state index contributed by atoms with van der Waals surface area (Å²) < 4.78 is 5.15. The van der Waals surface area contributed by atoms with Gasteiger partial charge < -0.3 is 4.74 Å². The first-order valence-corrected chi connectivity index (χ1v) is 5.26. The maximum atomic E-state index is 11.7. The lowest BCUT2D eigenvalue weighted by molar-refractivity contribution is 0.0464. The van der Waals surface area contributed by atoms with Crippen molar-refractivity contribution in [1.29, 1.82) is 0 Å². The molecule has 0 bridgehead atoms. The van der Waals surface area contributed by atoms with Crippen LogP contribution in [0.25, 0.3) is 0 Å². The number of hydrogen-bond acceptors (Lipinski definition) is 4. The number of benzene rings is 1. The molecule has 0 aliphatic rings. The van der Waals surface area contributed by atoms with E-state index in [2.05, 4.69) is 9.97 Å². The molecular formula is C13H12N2O2. The Labute approximate surface area is 99.3 Å². The highest BCUT2D eigenvalue weighted by Gasteiger charge is 2.12. The van der Waals surface area contributed by atoms with Crippen LogP contribution in [0.5, 0.6) is 0 Å². The second-order valence-corrected chi connectivity index (χ2v) is 3.55. The summed E-state index contributed by atoms with van der Waals surface area (Å²) in [5, 5.41) is 0. The number of aryl methyl sites for hydroxylation is 1. The molecule has 1 heterocycles. The molecule has 2 rings (SSSR count). The highest BCUT2D eigenvalue weighted by molar-refractivity contribution is 5.88. The lowest BCUT2D eigenvalue weighted by atomic mass is 10.2. The van der Waals surface area contributed by atoms with E-state index in [1.165, 1.54) is 6.20 Å². The van der Waals surface area contributed by atoms with E-state index in [-0.39, 0.29) is 12.3 Å². The summed E-state index contributed by atoms with van der Waals surface area (Å²) in [7, 11) is 0. The number of aromatic nitrogens is 2. The average Bonchev–Trinajstić information content (AvgIpc) is 2.38. The number of nitrogens with zero attached hydrogens (tertiary/aromatic N) is 2. The van der Waals surface area contributed by atoms with E-state index in [4.69, 9.17) is 4.74 Å². The van der Waals surface area contributed by atoms with E-state index >= 15 is 0 Å². The smallest absolute Gasteiger partial charge is 0.359 e. The van der Waals surface area contributed by atoms with Crippen LogP contribution in [0.4, 0.5) is 0 Å². The summed E-state index contributed by atoms with van der Waals surface area (Å²) in [5.74, 6) is -0.445. The summed E-state index contributed by atoms with van der Waals surface area (Å²) in [5.41, 5.74) is 1.79. The fourth-order valence-electron chi connectivity index (χ4n) is 1.40. The predicted molar refractivity (Wildman–Crippen MR) is 62.3 cm³/mol. The molecule has 1 aromatic carbocycles. The summed E-state index contributed by atoms with van der Waals surface area (Å²) in [6.45, 7) is 1.97. The molecule has 2 aromatic rings. The van der Waals surface area contributed by atoms with Crippen molar-refractivity contribution < 1.29 is 9.53 Å². The van der Waals surface area contributed by atoms with E-state index in [0.717, 1.165) is 5.56 Å². The number of esters is 1. The zero-order valence-corrected chi connectivity index (χ0v) is 9.46. The molecule has 4 heteroatoms. The zero-order chi connectivity index (χ0) is 12.1. The molecule has 0 radical (unpaired) electrons. The number of hydrogen-bond donors (Lipinski definition) is 0. The Balaban J connectivity index is 2.01. The van der Waals surface area contributed by atoms with Crippen LogP contribution in [0.1, 0.15) is 21.7 Å². The Morgan fingerprint density at radius 2 is 1.88 bits per heavy atom. The highest BCUT2D eigenvalue weighted by atomic mass is 16.5. The molecule has 0 saturated carbocycles. The van der Waals surface area contributed by atoms with Gasteiger partial charge in [0, 0.05) is 12.4 Å². The SMILES string of the molecule is Cc1nccnc1C(=O)OCc1ccccc1. The predicted octanol–water partition coefficient (Wildman–Crippen LogP) is 2.14. The van der Waals surface area contributed by atoms with Gasteiger partial charge in [-0.1, -0.05) is 30.3 Å². The molecule has 0 aliphatic carbocycles. The van der Waals surface area contributed by atoms with Gasteiger partial charge in [0.25, 0.3) is 0 Å². The second-order valence-electron chi connectivity index (χ2n) is 3.55. The Morgan fingerprint density at radius 3 is 2.59 bits per heavy atom. The number of ether oxygens (including phenoxy) is 1. The molecule has 0 spiro atoms. The number of carbonyl (C=O) groups is 1. The van der Waals surface area contributed by atoms with Gasteiger partial charge in [-0.25, -0.2) is 9.78 Å². The zero-order valence-electron chi connectivity index (χ0n) is 9.46. The van der Waals surface area contributed by atoms with Gasteiger partial charge in [-0.15, -0.1) is 0 Å². The topological polar surface area (TPSA) is 52.1 Å². The van der Waals surface area contributed by atoms with Crippen LogP contribution >= 0.6 is 0 Å². The van der Waals surface area contributed by atoms with E-state index < -0.39 is 5.97 Å². The maximum absolute atomic E-state index is 11.7. The van der Waals surface area contributed by atoms with Crippen LogP contribution < -0.4 is 0 Å². The van der Waals surface area contributed by atoms with Crippen molar-refractivity contribution >= 4 is 5.97 Å². The first-order chi connectivity index (χ1) is 8.27. The monoisotopic (exact) mass is 228 g/mol. The lowest BCUT2D eigenvalue weighted by Gasteiger charge is -2.05. The fraction of sp³-hybridized carbons (Fsp3) is 0.154. The normalized spacial score (nSPS) is 9.94. The third-order valence-electron chi connectivity index (χ3n) is 2.29. The van der Waals surface area contributed by atoms with Gasteiger partial charge in [-0.05, 0) is 12.5 Å². The van der Waals surface area contributed by atoms with Gasteiger partial charge in [0.2, 0.25) is 0 Å². The third kappa shape index (κ3) is 2.87. The van der Waals surface area contributed by atoms with Crippen LogP contribution in [0.15, 0.2) is 42.7 Å². The van der Waals surface area contributed by atoms with Crippen molar-refractivity contribution in [1.82, 2.24) is 9.97 Å². The summed E-state index contributed by atoms with van der Waals surface area (Å²) >= 11 is 0. The molecule has 0 N–H and O–H groups in total. The largest absolute Gasteiger partial charge is 0.456 e. The van der Waals surface area contributed by atoms with Gasteiger partial charge in [-0.3, -0.25) is 4.98 Å². The molecular weight excluding hydrogens is 216 g/mol. The highest BCUT2D eigenvalue weighted by Crippen LogP contribution is 2.06. The standard InChI is InChI=1S/C13H12N2O2/c1-10-12(15-8-7-14-10)13(16)17-9-11-5-3-2-4-6-11/h2-8H,9H2,1H3. The van der Waals surface area contributed by atoms with Gasteiger partial charge >= 0.3 is 5.97 Å². The quantitative estimate of drug-likeness (QED) is 0.755. The van der Waals surface area contributed by atoms with Crippen molar-refractivity contribution in [3.8, 4) is 0 Å². The van der Waals surface area contributed by atoms with Gasteiger partial charge in [0.15, 0.2) is 5.69 Å². The van der Waals surface area contributed by atoms with Crippen molar-refractivity contribution in [2.24, 2.45) is 0 Å². The Kier molecular flexibility index (Phi) is 3.45. The first-order valence-electron chi connectivity index (χ1n) is 5.26. The third-order valence-corrected chi connectivity index (χ3v) is 2.29. The lowest BCUT2D eigenvalue weighted by Crippen LogP contribution is -2.10. The fourth-order valence-corrected chi connectivity index (χ4v) is 1.40. The van der Waals surface area contributed by atoms with Crippen LogP contribution in [0.3, 0.4) is 0 Å². The first kappa shape index (κ1) is 11.3.